The molecule has 3 aromatic carbocycles. The minimum Gasteiger partial charge on any atom is -0.272 e. The van der Waals surface area contributed by atoms with E-state index in [4.69, 9.17) is 5.10 Å². The van der Waals surface area contributed by atoms with Crippen LogP contribution in [0.15, 0.2) is 84.0 Å². The Balaban J connectivity index is 1.67. The summed E-state index contributed by atoms with van der Waals surface area (Å²) in [6, 6.07) is 27.0. The highest BCUT2D eigenvalue weighted by Gasteiger charge is 2.29. The zero-order valence-corrected chi connectivity index (χ0v) is 16.3. The molecule has 3 heteroatoms. The third-order valence-electron chi connectivity index (χ3n) is 5.33. The molecule has 4 rings (SSSR count). The molecule has 0 aromatic heterocycles. The number of rotatable bonds is 5. The van der Waals surface area contributed by atoms with E-state index in [-0.39, 0.29) is 11.8 Å². The first-order chi connectivity index (χ1) is 13.6. The van der Waals surface area contributed by atoms with Crippen molar-refractivity contribution < 1.29 is 4.79 Å². The lowest BCUT2D eigenvalue weighted by atomic mass is 9.86. The van der Waals surface area contributed by atoms with Crippen LogP contribution in [-0.4, -0.2) is 11.6 Å². The summed E-state index contributed by atoms with van der Waals surface area (Å²) in [5, 5.41) is 6.36. The molecule has 0 atom stereocenters. The first kappa shape index (κ1) is 18.2. The minimum atomic E-state index is 0.0484. The molecule has 3 nitrogen and oxygen atoms in total. The van der Waals surface area contributed by atoms with Crippen LogP contribution in [0.25, 0.3) is 0 Å². The summed E-state index contributed by atoms with van der Waals surface area (Å²) < 4.78 is 0. The van der Waals surface area contributed by atoms with Gasteiger partial charge in [0.1, 0.15) is 0 Å². The van der Waals surface area contributed by atoms with Crippen molar-refractivity contribution in [1.29, 1.82) is 0 Å². The molecule has 1 aliphatic rings. The summed E-state index contributed by atoms with van der Waals surface area (Å²) in [5.41, 5.74) is 6.48. The Morgan fingerprint density at radius 2 is 1.36 bits per heavy atom. The van der Waals surface area contributed by atoms with Gasteiger partial charge in [0.2, 0.25) is 0 Å². The molecule has 0 saturated heterocycles. The SMILES string of the molecule is Cc1cccc(C)c1N1N=C(CC(c2ccccc2)c2ccccc2)CC1=O. The fourth-order valence-corrected chi connectivity index (χ4v) is 3.94. The second kappa shape index (κ2) is 7.81. The van der Waals surface area contributed by atoms with E-state index in [0.29, 0.717) is 6.42 Å². The van der Waals surface area contributed by atoms with Crippen LogP contribution >= 0.6 is 0 Å². The number of carbonyl (C=O) groups excluding carboxylic acids is 1. The monoisotopic (exact) mass is 368 g/mol. The molecular formula is C25H24N2O. The quantitative estimate of drug-likeness (QED) is 0.575. The van der Waals surface area contributed by atoms with Gasteiger partial charge in [-0.15, -0.1) is 0 Å². The standard InChI is InChI=1S/C25H24N2O/c1-18-10-9-11-19(2)25(18)27-24(28)17-22(26-27)16-23(20-12-5-3-6-13-20)21-14-7-4-8-15-21/h3-15,23H,16-17H2,1-2H3. The van der Waals surface area contributed by atoms with Gasteiger partial charge >= 0.3 is 0 Å². The number of carbonyl (C=O) groups is 1. The molecule has 1 amide bonds. The third-order valence-corrected chi connectivity index (χ3v) is 5.33. The Kier molecular flexibility index (Phi) is 5.07. The van der Waals surface area contributed by atoms with E-state index in [0.717, 1.165) is 28.9 Å². The van der Waals surface area contributed by atoms with Crippen LogP contribution in [0.1, 0.15) is 41.0 Å². The van der Waals surface area contributed by atoms with Gasteiger partial charge in [-0.05, 0) is 42.5 Å². The van der Waals surface area contributed by atoms with Gasteiger partial charge in [0.25, 0.3) is 5.91 Å². The van der Waals surface area contributed by atoms with Crippen LogP contribution in [0.2, 0.25) is 0 Å². The van der Waals surface area contributed by atoms with E-state index < -0.39 is 0 Å². The maximum absolute atomic E-state index is 12.8. The normalized spacial score (nSPS) is 13.9. The maximum atomic E-state index is 12.8. The van der Waals surface area contributed by atoms with Gasteiger partial charge < -0.3 is 0 Å². The molecular weight excluding hydrogens is 344 g/mol. The van der Waals surface area contributed by atoms with Gasteiger partial charge in [-0.25, -0.2) is 0 Å². The van der Waals surface area contributed by atoms with Gasteiger partial charge in [0.15, 0.2) is 0 Å². The van der Waals surface area contributed by atoms with Crippen molar-refractivity contribution in [3.05, 3.63) is 101 Å². The van der Waals surface area contributed by atoms with E-state index in [1.165, 1.54) is 11.1 Å². The lowest BCUT2D eigenvalue weighted by molar-refractivity contribution is -0.116. The fraction of sp³-hybridized carbons (Fsp3) is 0.200. The summed E-state index contributed by atoms with van der Waals surface area (Å²) in [6.07, 6.45) is 1.12. The summed E-state index contributed by atoms with van der Waals surface area (Å²) in [6.45, 7) is 4.06. The largest absolute Gasteiger partial charge is 0.272 e. The first-order valence-electron chi connectivity index (χ1n) is 9.69. The Morgan fingerprint density at radius 1 is 0.821 bits per heavy atom. The van der Waals surface area contributed by atoms with Crippen molar-refractivity contribution in [2.24, 2.45) is 5.10 Å². The smallest absolute Gasteiger partial charge is 0.253 e. The van der Waals surface area contributed by atoms with Gasteiger partial charge in [-0.1, -0.05) is 78.9 Å². The average molecular weight is 368 g/mol. The van der Waals surface area contributed by atoms with Crippen LogP contribution in [0, 0.1) is 13.8 Å². The van der Waals surface area contributed by atoms with E-state index in [1.54, 1.807) is 5.01 Å². The van der Waals surface area contributed by atoms with Crippen LogP contribution < -0.4 is 5.01 Å². The number of hydrazone groups is 1. The van der Waals surface area contributed by atoms with Crippen LogP contribution in [0.3, 0.4) is 0 Å². The van der Waals surface area contributed by atoms with E-state index in [9.17, 15) is 4.79 Å². The predicted molar refractivity (Wildman–Crippen MR) is 115 cm³/mol. The molecule has 0 unspecified atom stereocenters. The Bertz CT molecular complexity index is 949. The molecule has 0 spiro atoms. The highest BCUT2D eigenvalue weighted by atomic mass is 16.2. The number of benzene rings is 3. The minimum absolute atomic E-state index is 0.0484. The van der Waals surface area contributed by atoms with Gasteiger partial charge in [0.05, 0.1) is 12.1 Å². The van der Waals surface area contributed by atoms with E-state index in [2.05, 4.69) is 48.5 Å². The number of amides is 1. The molecule has 0 saturated carbocycles. The van der Waals surface area contributed by atoms with Crippen molar-refractivity contribution in [2.75, 3.05) is 5.01 Å². The number of nitrogens with zero attached hydrogens (tertiary/aromatic N) is 2. The topological polar surface area (TPSA) is 32.7 Å². The lowest BCUT2D eigenvalue weighted by Crippen LogP contribution is -2.21. The van der Waals surface area contributed by atoms with Crippen LogP contribution in [0.4, 0.5) is 5.69 Å². The second-order valence-electron chi connectivity index (χ2n) is 7.37. The predicted octanol–water partition coefficient (Wildman–Crippen LogP) is 5.62. The molecule has 0 fully saturated rings. The van der Waals surface area contributed by atoms with Crippen LogP contribution in [-0.2, 0) is 4.79 Å². The van der Waals surface area contributed by atoms with Gasteiger partial charge in [-0.2, -0.15) is 10.1 Å². The maximum Gasteiger partial charge on any atom is 0.253 e. The number of hydrogen-bond donors (Lipinski definition) is 0. The van der Waals surface area contributed by atoms with E-state index >= 15 is 0 Å². The first-order valence-corrected chi connectivity index (χ1v) is 9.69. The lowest BCUT2D eigenvalue weighted by Gasteiger charge is -2.18. The molecule has 1 aliphatic heterocycles. The highest BCUT2D eigenvalue weighted by Crippen LogP contribution is 2.33. The molecule has 1 heterocycles. The summed E-state index contributed by atoms with van der Waals surface area (Å²) in [4.78, 5) is 12.8. The number of para-hydroxylation sites is 1. The van der Waals surface area contributed by atoms with Gasteiger partial charge in [-0.3, -0.25) is 4.79 Å². The molecule has 0 radical (unpaired) electrons. The number of aryl methyl sites for hydroxylation is 2. The number of anilines is 1. The van der Waals surface area contributed by atoms with Crippen molar-refractivity contribution >= 4 is 17.3 Å². The van der Waals surface area contributed by atoms with Crippen LogP contribution in [0.5, 0.6) is 0 Å². The fourth-order valence-electron chi connectivity index (χ4n) is 3.94. The molecule has 140 valence electrons. The molecule has 3 aromatic rings. The van der Waals surface area contributed by atoms with Crippen molar-refractivity contribution in [3.63, 3.8) is 0 Å². The Hall–Kier alpha value is -3.20. The Labute approximate surface area is 166 Å². The number of hydrogen-bond acceptors (Lipinski definition) is 2. The zero-order chi connectivity index (χ0) is 19.5. The molecule has 0 N–H and O–H groups in total. The van der Waals surface area contributed by atoms with Crippen molar-refractivity contribution in [1.82, 2.24) is 0 Å². The summed E-state index contributed by atoms with van der Waals surface area (Å²) >= 11 is 0. The second-order valence-corrected chi connectivity index (χ2v) is 7.37. The molecule has 0 bridgehead atoms. The zero-order valence-electron chi connectivity index (χ0n) is 16.3. The third kappa shape index (κ3) is 3.61. The van der Waals surface area contributed by atoms with Crippen molar-refractivity contribution in [2.45, 2.75) is 32.6 Å². The van der Waals surface area contributed by atoms with Crippen molar-refractivity contribution in [3.8, 4) is 0 Å². The van der Waals surface area contributed by atoms with Gasteiger partial charge in [0, 0.05) is 11.6 Å². The highest BCUT2D eigenvalue weighted by molar-refractivity contribution is 6.13. The van der Waals surface area contributed by atoms with E-state index in [1.807, 2.05) is 44.2 Å². The average Bonchev–Trinajstić information content (AvgIpc) is 3.07. The molecule has 0 aliphatic carbocycles. The summed E-state index contributed by atoms with van der Waals surface area (Å²) in [5.74, 6) is 0.235. The Morgan fingerprint density at radius 3 is 1.89 bits per heavy atom. The summed E-state index contributed by atoms with van der Waals surface area (Å²) in [7, 11) is 0. The molecule has 28 heavy (non-hydrogen) atoms.